The van der Waals surface area contributed by atoms with Gasteiger partial charge in [0.1, 0.15) is 5.69 Å². The number of hydrogen-bond acceptors (Lipinski definition) is 4. The molecule has 140 valence electrons. The molecule has 0 radical (unpaired) electrons. The van der Waals surface area contributed by atoms with Gasteiger partial charge in [0, 0.05) is 30.5 Å². The van der Waals surface area contributed by atoms with Crippen LogP contribution in [0.25, 0.3) is 22.5 Å². The van der Waals surface area contributed by atoms with Gasteiger partial charge >= 0.3 is 0 Å². The van der Waals surface area contributed by atoms with E-state index in [0.717, 1.165) is 25.5 Å². The highest BCUT2D eigenvalue weighted by Crippen LogP contribution is 2.34. The second kappa shape index (κ2) is 7.32. The maximum atomic E-state index is 14.1. The Morgan fingerprint density at radius 2 is 2.22 bits per heavy atom. The highest BCUT2D eigenvalue weighted by Gasteiger charge is 2.21. The standard InChI is InChI=1S/C19H17F2N3O3/c20-15-5-1-4-13(17(15)21)14-10-24-27-18(14)11-7-16(22-8-11)19(25)23-9-12-3-2-6-26-12/h1,4-5,7-8,10,12,22H,2-3,6,9H2,(H,23,25)/t12-/m0/s1. The van der Waals surface area contributed by atoms with Crippen molar-refractivity contribution in [2.45, 2.75) is 18.9 Å². The van der Waals surface area contributed by atoms with Crippen LogP contribution in [-0.2, 0) is 4.74 Å². The number of aromatic amines is 1. The summed E-state index contributed by atoms with van der Waals surface area (Å²) in [7, 11) is 0. The molecule has 0 saturated carbocycles. The molecule has 1 fully saturated rings. The molecule has 1 atom stereocenters. The summed E-state index contributed by atoms with van der Waals surface area (Å²) in [5.41, 5.74) is 1.17. The molecule has 0 unspecified atom stereocenters. The van der Waals surface area contributed by atoms with Crippen molar-refractivity contribution in [3.05, 3.63) is 54.0 Å². The van der Waals surface area contributed by atoms with Gasteiger partial charge < -0.3 is 19.6 Å². The Kier molecular flexibility index (Phi) is 4.72. The predicted molar refractivity (Wildman–Crippen MR) is 92.9 cm³/mol. The third-order valence-corrected chi connectivity index (χ3v) is 4.52. The zero-order valence-electron chi connectivity index (χ0n) is 14.3. The average molecular weight is 373 g/mol. The van der Waals surface area contributed by atoms with Crippen LogP contribution in [0.1, 0.15) is 23.3 Å². The normalized spacial score (nSPS) is 16.6. The van der Waals surface area contributed by atoms with Gasteiger partial charge in [0.25, 0.3) is 5.91 Å². The Hall–Kier alpha value is -3.00. The zero-order valence-corrected chi connectivity index (χ0v) is 14.3. The predicted octanol–water partition coefficient (Wildman–Crippen LogP) is 3.52. The van der Waals surface area contributed by atoms with Crippen molar-refractivity contribution < 1.29 is 22.8 Å². The van der Waals surface area contributed by atoms with Gasteiger partial charge in [-0.3, -0.25) is 4.79 Å². The molecule has 27 heavy (non-hydrogen) atoms. The fourth-order valence-corrected chi connectivity index (χ4v) is 3.12. The van der Waals surface area contributed by atoms with E-state index in [4.69, 9.17) is 9.26 Å². The summed E-state index contributed by atoms with van der Waals surface area (Å²) in [5, 5.41) is 6.50. The molecule has 1 amide bonds. The van der Waals surface area contributed by atoms with Crippen molar-refractivity contribution in [1.29, 1.82) is 0 Å². The van der Waals surface area contributed by atoms with Crippen LogP contribution in [0.5, 0.6) is 0 Å². The molecule has 0 aliphatic carbocycles. The van der Waals surface area contributed by atoms with Crippen LogP contribution in [0, 0.1) is 11.6 Å². The number of benzene rings is 1. The summed E-state index contributed by atoms with van der Waals surface area (Å²) in [4.78, 5) is 15.1. The number of nitrogens with zero attached hydrogens (tertiary/aromatic N) is 1. The van der Waals surface area contributed by atoms with Gasteiger partial charge in [0.2, 0.25) is 0 Å². The molecule has 2 aromatic heterocycles. The van der Waals surface area contributed by atoms with E-state index in [1.165, 1.54) is 18.3 Å². The van der Waals surface area contributed by atoms with Gasteiger partial charge in [0.15, 0.2) is 17.4 Å². The molecule has 1 aromatic carbocycles. The molecule has 0 spiro atoms. The molecule has 1 aliphatic rings. The number of carbonyl (C=O) groups is 1. The summed E-state index contributed by atoms with van der Waals surface area (Å²) >= 11 is 0. The molecular formula is C19H17F2N3O3. The van der Waals surface area contributed by atoms with E-state index in [0.29, 0.717) is 23.4 Å². The summed E-state index contributed by atoms with van der Waals surface area (Å²) in [6.45, 7) is 1.16. The van der Waals surface area contributed by atoms with E-state index in [-0.39, 0.29) is 23.3 Å². The van der Waals surface area contributed by atoms with Crippen molar-refractivity contribution in [3.63, 3.8) is 0 Å². The van der Waals surface area contributed by atoms with Gasteiger partial charge in [-0.05, 0) is 25.0 Å². The smallest absolute Gasteiger partial charge is 0.267 e. The number of amides is 1. The van der Waals surface area contributed by atoms with E-state index in [1.54, 1.807) is 12.3 Å². The largest absolute Gasteiger partial charge is 0.376 e. The Morgan fingerprint density at radius 1 is 1.33 bits per heavy atom. The number of halogens is 2. The zero-order chi connectivity index (χ0) is 18.8. The van der Waals surface area contributed by atoms with Gasteiger partial charge in [-0.1, -0.05) is 17.3 Å². The lowest BCUT2D eigenvalue weighted by Gasteiger charge is -2.09. The number of aromatic nitrogens is 2. The van der Waals surface area contributed by atoms with Crippen molar-refractivity contribution in [2.24, 2.45) is 0 Å². The number of nitrogens with one attached hydrogen (secondary N) is 2. The van der Waals surface area contributed by atoms with Gasteiger partial charge in [-0.25, -0.2) is 8.78 Å². The number of ether oxygens (including phenoxy) is 1. The van der Waals surface area contributed by atoms with E-state index in [9.17, 15) is 13.6 Å². The first-order valence-corrected chi connectivity index (χ1v) is 8.61. The molecule has 1 aliphatic heterocycles. The first-order valence-electron chi connectivity index (χ1n) is 8.61. The molecule has 8 heteroatoms. The van der Waals surface area contributed by atoms with Gasteiger partial charge in [-0.2, -0.15) is 0 Å². The lowest BCUT2D eigenvalue weighted by atomic mass is 10.0. The fraction of sp³-hybridized carbons (Fsp3) is 0.263. The third-order valence-electron chi connectivity index (χ3n) is 4.52. The topological polar surface area (TPSA) is 80.2 Å². The molecule has 4 rings (SSSR count). The molecule has 0 bridgehead atoms. The minimum absolute atomic E-state index is 0.0387. The number of carbonyl (C=O) groups excluding carboxylic acids is 1. The summed E-state index contributed by atoms with van der Waals surface area (Å²) in [5.74, 6) is -1.97. The highest BCUT2D eigenvalue weighted by atomic mass is 19.2. The minimum Gasteiger partial charge on any atom is -0.376 e. The molecule has 2 N–H and O–H groups in total. The van der Waals surface area contributed by atoms with Crippen molar-refractivity contribution >= 4 is 5.91 Å². The fourth-order valence-electron chi connectivity index (χ4n) is 3.12. The first kappa shape index (κ1) is 17.4. The van der Waals surface area contributed by atoms with Crippen molar-refractivity contribution in [2.75, 3.05) is 13.2 Å². The second-order valence-electron chi connectivity index (χ2n) is 6.32. The highest BCUT2D eigenvalue weighted by molar-refractivity contribution is 5.94. The van der Waals surface area contributed by atoms with Crippen LogP contribution in [-0.4, -0.2) is 35.3 Å². The molecule has 1 saturated heterocycles. The van der Waals surface area contributed by atoms with Crippen LogP contribution in [0.4, 0.5) is 8.78 Å². The van der Waals surface area contributed by atoms with E-state index >= 15 is 0 Å². The molecular weight excluding hydrogens is 356 g/mol. The van der Waals surface area contributed by atoms with E-state index < -0.39 is 11.6 Å². The maximum absolute atomic E-state index is 14.1. The molecule has 3 heterocycles. The Labute approximate surface area is 153 Å². The average Bonchev–Trinajstić information content (AvgIpc) is 3.42. The van der Waals surface area contributed by atoms with E-state index in [1.807, 2.05) is 0 Å². The second-order valence-corrected chi connectivity index (χ2v) is 6.32. The van der Waals surface area contributed by atoms with Gasteiger partial charge in [-0.15, -0.1) is 0 Å². The van der Waals surface area contributed by atoms with Crippen LogP contribution < -0.4 is 5.32 Å². The van der Waals surface area contributed by atoms with Gasteiger partial charge in [0.05, 0.1) is 17.9 Å². The van der Waals surface area contributed by atoms with Crippen molar-refractivity contribution in [1.82, 2.24) is 15.5 Å². The number of hydrogen-bond donors (Lipinski definition) is 2. The summed E-state index contributed by atoms with van der Waals surface area (Å²) in [6, 6.07) is 5.47. The Balaban J connectivity index is 1.55. The lowest BCUT2D eigenvalue weighted by molar-refractivity contribution is 0.0854. The van der Waals surface area contributed by atoms with Crippen LogP contribution in [0.15, 0.2) is 41.2 Å². The SMILES string of the molecule is O=C(NC[C@@H]1CCCO1)c1cc(-c2oncc2-c2cccc(F)c2F)c[nH]1. The quantitative estimate of drug-likeness (QED) is 0.717. The van der Waals surface area contributed by atoms with E-state index in [2.05, 4.69) is 15.5 Å². The monoisotopic (exact) mass is 373 g/mol. The third kappa shape index (κ3) is 3.48. The number of rotatable bonds is 5. The lowest BCUT2D eigenvalue weighted by Crippen LogP contribution is -2.31. The van der Waals surface area contributed by atoms with Crippen LogP contribution in [0.2, 0.25) is 0 Å². The summed E-state index contributed by atoms with van der Waals surface area (Å²) in [6.07, 6.45) is 4.84. The first-order chi connectivity index (χ1) is 13.1. The molecule has 3 aromatic rings. The Bertz CT molecular complexity index is 961. The number of H-pyrrole nitrogens is 1. The Morgan fingerprint density at radius 3 is 3.04 bits per heavy atom. The minimum atomic E-state index is -0.980. The van der Waals surface area contributed by atoms with Crippen LogP contribution in [0.3, 0.4) is 0 Å². The van der Waals surface area contributed by atoms with Crippen molar-refractivity contribution in [3.8, 4) is 22.5 Å². The maximum Gasteiger partial charge on any atom is 0.267 e. The summed E-state index contributed by atoms with van der Waals surface area (Å²) < 4.78 is 38.3. The van der Waals surface area contributed by atoms with Crippen LogP contribution >= 0.6 is 0 Å². The molecule has 6 nitrogen and oxygen atoms in total.